The predicted octanol–water partition coefficient (Wildman–Crippen LogP) is 0.468. The van der Waals surface area contributed by atoms with Gasteiger partial charge in [0.2, 0.25) is 0 Å². The molecule has 1 aromatic rings. The van der Waals surface area contributed by atoms with Gasteiger partial charge in [0.25, 0.3) is 11.4 Å². The average molecular weight is 316 g/mol. The molecule has 0 saturated heterocycles. The standard InChI is InChI=1S/C6H3N3O7.Rb.H/c10-6-4(8(13)14)1-3(7(11)12)2-5(6)9(15)16;;/h1-2,10H;;. The Morgan fingerprint density at radius 3 is 1.47 bits per heavy atom. The summed E-state index contributed by atoms with van der Waals surface area (Å²) >= 11 is 0. The first kappa shape index (κ1) is 16.0. The number of non-ortho nitro benzene ring substituents is 1. The number of hydrogen-bond donors (Lipinski definition) is 1. The molecule has 0 saturated carbocycles. The molecule has 0 aliphatic carbocycles. The van der Waals surface area contributed by atoms with E-state index >= 15 is 0 Å². The summed E-state index contributed by atoms with van der Waals surface area (Å²) in [6, 6.07) is 0.894. The molecule has 0 atom stereocenters. The predicted molar refractivity (Wildman–Crippen MR) is 55.2 cm³/mol. The summed E-state index contributed by atoms with van der Waals surface area (Å²) in [6.45, 7) is 0. The van der Waals surface area contributed by atoms with Crippen LogP contribution in [0.1, 0.15) is 0 Å². The van der Waals surface area contributed by atoms with Crippen LogP contribution in [-0.4, -0.2) is 78.1 Å². The van der Waals surface area contributed by atoms with Gasteiger partial charge in [0.1, 0.15) is 0 Å². The molecule has 17 heavy (non-hydrogen) atoms. The molecule has 0 aliphatic rings. The van der Waals surface area contributed by atoms with Gasteiger partial charge in [-0.15, -0.1) is 0 Å². The van der Waals surface area contributed by atoms with Crippen LogP contribution in [0.5, 0.6) is 5.75 Å². The molecule has 0 bridgehead atoms. The minimum atomic E-state index is -1.21. The van der Waals surface area contributed by atoms with Gasteiger partial charge >= 0.3 is 69.6 Å². The first-order valence-electron chi connectivity index (χ1n) is 3.64. The molecular weight excluding hydrogens is 312 g/mol. The monoisotopic (exact) mass is 315 g/mol. The third kappa shape index (κ3) is 3.49. The summed E-state index contributed by atoms with van der Waals surface area (Å²) in [5, 5.41) is 40.2. The Kier molecular flexibility index (Phi) is 5.74. The maximum atomic E-state index is 10.4. The Hall–Kier alpha value is -0.975. The summed E-state index contributed by atoms with van der Waals surface area (Å²) in [5.74, 6) is -1.21. The number of hydrogen-bond acceptors (Lipinski definition) is 7. The molecule has 1 N–H and O–H groups in total. The molecule has 0 unspecified atom stereocenters. The van der Waals surface area contributed by atoms with Crippen molar-refractivity contribution in [2.24, 2.45) is 0 Å². The third-order valence-corrected chi connectivity index (χ3v) is 1.66. The van der Waals surface area contributed by atoms with Crippen LogP contribution in [0.15, 0.2) is 12.1 Å². The molecule has 0 amide bonds. The third-order valence-electron chi connectivity index (χ3n) is 1.66. The van der Waals surface area contributed by atoms with Crippen molar-refractivity contribution in [3.05, 3.63) is 42.5 Å². The molecule has 11 heteroatoms. The molecule has 0 aliphatic heterocycles. The molecule has 1 aromatic carbocycles. The number of phenols is 1. The molecule has 0 spiro atoms. The van der Waals surface area contributed by atoms with Crippen LogP contribution in [-0.2, 0) is 0 Å². The summed E-state index contributed by atoms with van der Waals surface area (Å²) in [6.07, 6.45) is 0. The first-order chi connectivity index (χ1) is 7.34. The van der Waals surface area contributed by atoms with Gasteiger partial charge in [-0.1, -0.05) is 0 Å². The van der Waals surface area contributed by atoms with Crippen LogP contribution in [0.2, 0.25) is 0 Å². The normalized spacial score (nSPS) is 9.18. The van der Waals surface area contributed by atoms with E-state index in [0.29, 0.717) is 12.1 Å². The topological polar surface area (TPSA) is 150 Å². The second kappa shape index (κ2) is 6.09. The van der Waals surface area contributed by atoms with E-state index in [0.717, 1.165) is 0 Å². The van der Waals surface area contributed by atoms with E-state index in [4.69, 9.17) is 5.11 Å². The number of nitro benzene ring substituents is 3. The van der Waals surface area contributed by atoms with E-state index in [2.05, 4.69) is 0 Å². The maximum absolute atomic E-state index is 10.4. The Morgan fingerprint density at radius 1 is 0.882 bits per heavy atom. The fourth-order valence-electron chi connectivity index (χ4n) is 0.974. The molecule has 0 aromatic heterocycles. The molecule has 1 rings (SSSR count). The van der Waals surface area contributed by atoms with Gasteiger partial charge in [0, 0.05) is 0 Å². The molecule has 86 valence electrons. The Morgan fingerprint density at radius 2 is 1.24 bits per heavy atom. The minimum absolute atomic E-state index is 0. The van der Waals surface area contributed by atoms with Crippen molar-refractivity contribution >= 4 is 75.2 Å². The molecule has 0 radical (unpaired) electrons. The van der Waals surface area contributed by atoms with Crippen molar-refractivity contribution in [3.63, 3.8) is 0 Å². The molecule has 0 heterocycles. The van der Waals surface area contributed by atoms with Gasteiger partial charge in [0.05, 0.1) is 26.9 Å². The van der Waals surface area contributed by atoms with E-state index in [1.54, 1.807) is 0 Å². The van der Waals surface area contributed by atoms with E-state index in [-0.39, 0.29) is 58.2 Å². The van der Waals surface area contributed by atoms with Crippen molar-refractivity contribution in [3.8, 4) is 5.75 Å². The van der Waals surface area contributed by atoms with Gasteiger partial charge in [-0.3, -0.25) is 30.3 Å². The fraction of sp³-hybridized carbons (Fsp3) is 0. The van der Waals surface area contributed by atoms with Crippen LogP contribution in [0.25, 0.3) is 0 Å². The summed E-state index contributed by atoms with van der Waals surface area (Å²) in [7, 11) is 0. The van der Waals surface area contributed by atoms with E-state index < -0.39 is 37.6 Å². The number of nitro groups is 3. The number of nitrogens with zero attached hydrogens (tertiary/aromatic N) is 3. The zero-order valence-corrected chi connectivity index (χ0v) is 7.39. The van der Waals surface area contributed by atoms with E-state index in [1.165, 1.54) is 0 Å². The number of aromatic hydroxyl groups is 1. The Balaban J connectivity index is 0.00000256. The van der Waals surface area contributed by atoms with E-state index in [1.807, 2.05) is 0 Å². The van der Waals surface area contributed by atoms with Crippen LogP contribution in [0, 0.1) is 30.3 Å². The zero-order valence-electron chi connectivity index (χ0n) is 7.39. The van der Waals surface area contributed by atoms with Crippen molar-refractivity contribution in [2.75, 3.05) is 0 Å². The van der Waals surface area contributed by atoms with Gasteiger partial charge in [-0.25, -0.2) is 0 Å². The second-order valence-corrected chi connectivity index (χ2v) is 2.60. The summed E-state index contributed by atoms with van der Waals surface area (Å²) in [5.41, 5.74) is -3.00. The van der Waals surface area contributed by atoms with Crippen LogP contribution >= 0.6 is 0 Å². The first-order valence-corrected chi connectivity index (χ1v) is 3.64. The van der Waals surface area contributed by atoms with Crippen molar-refractivity contribution < 1.29 is 19.9 Å². The Labute approximate surface area is 141 Å². The average Bonchev–Trinajstić information content (AvgIpc) is 2.16. The molecule has 0 fully saturated rings. The summed E-state index contributed by atoms with van der Waals surface area (Å²) < 4.78 is 0. The Bertz CT molecular complexity index is 467. The molecule has 10 nitrogen and oxygen atoms in total. The second-order valence-electron chi connectivity index (χ2n) is 2.60. The van der Waals surface area contributed by atoms with Gasteiger partial charge < -0.3 is 5.11 Å². The fourth-order valence-corrected chi connectivity index (χ4v) is 0.974. The van der Waals surface area contributed by atoms with Crippen LogP contribution in [0.3, 0.4) is 0 Å². The van der Waals surface area contributed by atoms with E-state index in [9.17, 15) is 30.3 Å². The SMILES string of the molecule is O=[N+]([O-])c1cc([N+](=O)[O-])c(O)c([N+](=O)[O-])c1.[RbH]. The van der Waals surface area contributed by atoms with Crippen molar-refractivity contribution in [2.45, 2.75) is 0 Å². The van der Waals surface area contributed by atoms with Gasteiger partial charge in [0.15, 0.2) is 0 Å². The molecular formula is C6H4N3O7Rb. The summed E-state index contributed by atoms with van der Waals surface area (Å²) in [4.78, 5) is 27.8. The quantitative estimate of drug-likeness (QED) is 0.628. The van der Waals surface area contributed by atoms with Crippen molar-refractivity contribution in [1.82, 2.24) is 0 Å². The number of benzene rings is 1. The van der Waals surface area contributed by atoms with Crippen LogP contribution in [0.4, 0.5) is 17.1 Å². The number of phenolic OH excluding ortho intramolecular Hbond substituents is 1. The zero-order chi connectivity index (χ0) is 12.5. The van der Waals surface area contributed by atoms with Crippen LogP contribution < -0.4 is 0 Å². The number of rotatable bonds is 3. The van der Waals surface area contributed by atoms with Gasteiger partial charge in [-0.05, 0) is 0 Å². The van der Waals surface area contributed by atoms with Gasteiger partial charge in [-0.2, -0.15) is 0 Å². The van der Waals surface area contributed by atoms with Crippen molar-refractivity contribution in [1.29, 1.82) is 0 Å².